The zero-order chi connectivity index (χ0) is 23.4. The van der Waals surface area contributed by atoms with Crippen molar-refractivity contribution in [3.63, 3.8) is 0 Å². The average molecular weight is 476 g/mol. The number of halogens is 4. The monoisotopic (exact) mass is 475 g/mol. The third-order valence-corrected chi connectivity index (χ3v) is 4.66. The molecule has 0 spiro atoms. The second-order valence-corrected chi connectivity index (χ2v) is 7.25. The van der Waals surface area contributed by atoms with Gasteiger partial charge in [0.1, 0.15) is 5.75 Å². The highest BCUT2D eigenvalue weighted by atomic mass is 35.5. The van der Waals surface area contributed by atoms with Gasteiger partial charge in [0, 0.05) is 10.6 Å². The summed E-state index contributed by atoms with van der Waals surface area (Å²) in [7, 11) is 0. The van der Waals surface area contributed by atoms with Crippen LogP contribution in [0.2, 0.25) is 10.0 Å². The van der Waals surface area contributed by atoms with Gasteiger partial charge >= 0.3 is 0 Å². The van der Waals surface area contributed by atoms with E-state index < -0.39 is 35.6 Å². The summed E-state index contributed by atoms with van der Waals surface area (Å²) in [5.74, 6) is -4.18. The van der Waals surface area contributed by atoms with Crippen molar-refractivity contribution >= 4 is 35.0 Å². The molecule has 3 N–H and O–H groups in total. The normalized spacial score (nSPS) is 10.3. The summed E-state index contributed by atoms with van der Waals surface area (Å²) in [6.45, 7) is 0. The molecule has 3 rings (SSSR count). The van der Waals surface area contributed by atoms with E-state index in [2.05, 4.69) is 0 Å². The predicted octanol–water partition coefficient (Wildman–Crippen LogP) is 6.20. The number of hydrogen-bond donors (Lipinski definition) is 3. The summed E-state index contributed by atoms with van der Waals surface area (Å²) >= 11 is 12.0. The molecule has 0 saturated heterocycles. The maximum atomic E-state index is 15.0. The van der Waals surface area contributed by atoms with Crippen LogP contribution < -0.4 is 4.74 Å². The Balaban J connectivity index is 1.80. The Bertz CT molecular complexity index is 1280. The number of nitriles is 1. The number of hydrogen-bond acceptors (Lipinski definition) is 6. The first-order valence-electron chi connectivity index (χ1n) is 8.86. The molecular weight excluding hydrogens is 463 g/mol. The molecule has 0 fully saturated rings. The Kier molecular flexibility index (Phi) is 6.93. The second kappa shape index (κ2) is 9.64. The Morgan fingerprint density at radius 1 is 1.06 bits per heavy atom. The van der Waals surface area contributed by atoms with Crippen LogP contribution in [0.3, 0.4) is 0 Å². The summed E-state index contributed by atoms with van der Waals surface area (Å²) in [5, 5.41) is 34.3. The summed E-state index contributed by atoms with van der Waals surface area (Å²) in [6, 6.07) is 12.3. The maximum absolute atomic E-state index is 15.0. The zero-order valence-corrected chi connectivity index (χ0v) is 17.6. The van der Waals surface area contributed by atoms with Crippen LogP contribution in [0.1, 0.15) is 16.7 Å². The van der Waals surface area contributed by atoms with Gasteiger partial charge in [-0.15, -0.1) is 0 Å². The van der Waals surface area contributed by atoms with E-state index in [0.29, 0.717) is 0 Å². The van der Waals surface area contributed by atoms with Crippen molar-refractivity contribution < 1.29 is 23.4 Å². The van der Waals surface area contributed by atoms with Crippen LogP contribution >= 0.6 is 23.2 Å². The molecule has 0 aromatic heterocycles. The van der Waals surface area contributed by atoms with Gasteiger partial charge in [-0.2, -0.15) is 5.26 Å². The minimum absolute atomic E-state index is 0.0406. The fourth-order valence-electron chi connectivity index (χ4n) is 2.69. The first-order chi connectivity index (χ1) is 15.2. The average Bonchev–Trinajstić information content (AvgIpc) is 2.74. The van der Waals surface area contributed by atoms with Gasteiger partial charge < -0.3 is 14.6 Å². The van der Waals surface area contributed by atoms with E-state index in [4.69, 9.17) is 48.8 Å². The summed E-state index contributed by atoms with van der Waals surface area (Å²) in [5.41, 5.74) is -0.196. The van der Waals surface area contributed by atoms with Crippen LogP contribution in [-0.4, -0.2) is 16.9 Å². The standard InChI is InChI=1S/C22H13Cl2F2N3O3/c23-13-6-11(10-27)7-14(9-13)31-21-16(24)5-4-12(19(21)25)8-18(28)32-22(29)15-2-1-3-17(30)20(15)26/h1-7,9,28-30H,8H2. The third-order valence-electron chi connectivity index (χ3n) is 4.15. The van der Waals surface area contributed by atoms with Gasteiger partial charge in [0.25, 0.3) is 0 Å². The maximum Gasteiger partial charge on any atom is 0.223 e. The summed E-state index contributed by atoms with van der Waals surface area (Å²) in [6.07, 6.45) is -0.402. The van der Waals surface area contributed by atoms with Crippen molar-refractivity contribution in [2.24, 2.45) is 0 Å². The van der Waals surface area contributed by atoms with Gasteiger partial charge in [-0.25, -0.2) is 8.78 Å². The van der Waals surface area contributed by atoms with Gasteiger partial charge in [0.15, 0.2) is 29.0 Å². The minimum Gasteiger partial charge on any atom is -0.505 e. The highest BCUT2D eigenvalue weighted by Gasteiger charge is 2.19. The van der Waals surface area contributed by atoms with E-state index in [1.807, 2.05) is 6.07 Å². The zero-order valence-electron chi connectivity index (χ0n) is 16.0. The van der Waals surface area contributed by atoms with Crippen LogP contribution in [0.4, 0.5) is 8.78 Å². The largest absolute Gasteiger partial charge is 0.505 e. The van der Waals surface area contributed by atoms with Crippen LogP contribution in [0.5, 0.6) is 17.2 Å². The third kappa shape index (κ3) is 5.14. The number of aromatic hydroxyl groups is 1. The summed E-state index contributed by atoms with van der Waals surface area (Å²) in [4.78, 5) is 0. The van der Waals surface area contributed by atoms with Crippen molar-refractivity contribution in [3.05, 3.63) is 86.9 Å². The molecular formula is C22H13Cl2F2N3O3. The molecule has 0 radical (unpaired) electrons. The number of ether oxygens (including phenoxy) is 2. The molecule has 0 amide bonds. The van der Waals surface area contributed by atoms with E-state index >= 15 is 4.39 Å². The molecule has 0 aliphatic heterocycles. The first-order valence-corrected chi connectivity index (χ1v) is 9.62. The molecule has 0 bridgehead atoms. The number of nitrogens with zero attached hydrogens (tertiary/aromatic N) is 1. The molecule has 0 unspecified atom stereocenters. The lowest BCUT2D eigenvalue weighted by Crippen LogP contribution is -2.16. The van der Waals surface area contributed by atoms with E-state index in [1.54, 1.807) is 0 Å². The fraction of sp³-hybridized carbons (Fsp3) is 0.0455. The van der Waals surface area contributed by atoms with Crippen LogP contribution in [0.25, 0.3) is 0 Å². The van der Waals surface area contributed by atoms with E-state index in [-0.39, 0.29) is 38.2 Å². The molecule has 0 aliphatic rings. The summed E-state index contributed by atoms with van der Waals surface area (Å²) < 4.78 is 39.4. The van der Waals surface area contributed by atoms with Gasteiger partial charge in [-0.3, -0.25) is 10.8 Å². The molecule has 0 aliphatic carbocycles. The number of nitrogens with one attached hydrogen (secondary N) is 2. The molecule has 32 heavy (non-hydrogen) atoms. The van der Waals surface area contributed by atoms with Crippen LogP contribution in [0, 0.1) is 33.8 Å². The number of phenolic OH excluding ortho intramolecular Hbond substituents is 1. The Morgan fingerprint density at radius 2 is 1.81 bits per heavy atom. The van der Waals surface area contributed by atoms with E-state index in [0.717, 1.165) is 6.07 Å². The molecule has 162 valence electrons. The molecule has 0 heterocycles. The minimum atomic E-state index is -1.07. The molecule has 3 aromatic carbocycles. The fourth-order valence-corrected chi connectivity index (χ4v) is 3.10. The SMILES string of the molecule is N#Cc1cc(Cl)cc(Oc2c(Cl)ccc(CC(=N)OC(=N)c3cccc(O)c3F)c2F)c1. The molecule has 0 saturated carbocycles. The topological polar surface area (TPSA) is 110 Å². The van der Waals surface area contributed by atoms with Crippen molar-refractivity contribution in [1.29, 1.82) is 16.1 Å². The first kappa shape index (κ1) is 23.0. The number of benzene rings is 3. The molecule has 3 aromatic rings. The van der Waals surface area contributed by atoms with Crippen molar-refractivity contribution in [2.45, 2.75) is 6.42 Å². The number of rotatable bonds is 5. The van der Waals surface area contributed by atoms with Crippen LogP contribution in [-0.2, 0) is 11.2 Å². The second-order valence-electron chi connectivity index (χ2n) is 6.41. The number of phenols is 1. The highest BCUT2D eigenvalue weighted by molar-refractivity contribution is 6.32. The Morgan fingerprint density at radius 3 is 2.53 bits per heavy atom. The van der Waals surface area contributed by atoms with Gasteiger partial charge in [-0.1, -0.05) is 35.3 Å². The lowest BCUT2D eigenvalue weighted by Gasteiger charge is -2.13. The van der Waals surface area contributed by atoms with E-state index in [1.165, 1.54) is 42.5 Å². The van der Waals surface area contributed by atoms with Crippen molar-refractivity contribution in [3.8, 4) is 23.3 Å². The van der Waals surface area contributed by atoms with Crippen molar-refractivity contribution in [2.75, 3.05) is 0 Å². The quantitative estimate of drug-likeness (QED) is 0.301. The highest BCUT2D eigenvalue weighted by Crippen LogP contribution is 2.35. The molecule has 10 heteroatoms. The molecule has 6 nitrogen and oxygen atoms in total. The predicted molar refractivity (Wildman–Crippen MR) is 115 cm³/mol. The smallest absolute Gasteiger partial charge is 0.223 e. The Hall–Kier alpha value is -3.67. The lowest BCUT2D eigenvalue weighted by molar-refractivity contribution is 0.428. The van der Waals surface area contributed by atoms with Crippen LogP contribution in [0.15, 0.2) is 48.5 Å². The Labute approximate surface area is 191 Å². The van der Waals surface area contributed by atoms with Gasteiger partial charge in [0.2, 0.25) is 5.90 Å². The van der Waals surface area contributed by atoms with E-state index in [9.17, 15) is 9.50 Å². The lowest BCUT2D eigenvalue weighted by atomic mass is 10.1. The van der Waals surface area contributed by atoms with Gasteiger partial charge in [-0.05, 0) is 36.4 Å². The molecule has 0 atom stereocenters. The van der Waals surface area contributed by atoms with Crippen molar-refractivity contribution in [1.82, 2.24) is 0 Å². The van der Waals surface area contributed by atoms with Gasteiger partial charge in [0.05, 0.1) is 28.6 Å².